The number of Topliss-reactive ketones (excluding diaryl/α,β-unsaturated/α-hetero) is 1. The fourth-order valence-corrected chi connectivity index (χ4v) is 2.80. The fraction of sp³-hybridized carbons (Fsp3) is 0.286. The molecule has 0 spiro atoms. The van der Waals surface area contributed by atoms with Gasteiger partial charge in [-0.2, -0.15) is 0 Å². The van der Waals surface area contributed by atoms with Crippen LogP contribution in [0, 0.1) is 0 Å². The minimum Gasteiger partial charge on any atom is -0.497 e. The molecule has 154 valence electrons. The molecule has 0 aliphatic heterocycles. The molecule has 0 saturated heterocycles. The van der Waals surface area contributed by atoms with Crippen LogP contribution < -0.4 is 10.1 Å². The van der Waals surface area contributed by atoms with Gasteiger partial charge in [0.05, 0.1) is 13.5 Å². The zero-order chi connectivity index (χ0) is 21.2. The van der Waals surface area contributed by atoms with E-state index in [-0.39, 0.29) is 36.8 Å². The lowest BCUT2D eigenvalue weighted by Gasteiger charge is -2.16. The maximum Gasteiger partial charge on any atom is 0.307 e. The first-order valence-corrected chi connectivity index (χ1v) is 9.83. The number of nitrogens with one attached hydrogen (secondary N) is 1. The van der Waals surface area contributed by atoms with Crippen molar-refractivity contribution in [3.63, 3.8) is 0 Å². The van der Waals surface area contributed by atoms with Gasteiger partial charge in [0.1, 0.15) is 5.75 Å². The van der Waals surface area contributed by atoms with Gasteiger partial charge >= 0.3 is 5.97 Å². The zero-order valence-electron chi connectivity index (χ0n) is 15.8. The Kier molecular flexibility index (Phi) is 8.96. The van der Waals surface area contributed by atoms with Gasteiger partial charge in [-0.25, -0.2) is 0 Å². The van der Waals surface area contributed by atoms with Crippen molar-refractivity contribution in [3.8, 4) is 5.75 Å². The highest BCUT2D eigenvalue weighted by atomic mass is 35.5. The highest BCUT2D eigenvalue weighted by Gasteiger charge is 2.24. The Bertz CT molecular complexity index is 837. The van der Waals surface area contributed by atoms with E-state index in [0.29, 0.717) is 22.0 Å². The molecule has 2 aromatic rings. The Morgan fingerprint density at radius 2 is 1.66 bits per heavy atom. The molecule has 2 rings (SSSR count). The maximum atomic E-state index is 12.5. The van der Waals surface area contributed by atoms with E-state index < -0.39 is 12.1 Å². The van der Waals surface area contributed by atoms with Gasteiger partial charge in [-0.3, -0.25) is 14.4 Å². The first-order chi connectivity index (χ1) is 13.9. The van der Waals surface area contributed by atoms with Crippen molar-refractivity contribution < 1.29 is 23.9 Å². The van der Waals surface area contributed by atoms with Crippen molar-refractivity contribution in [2.75, 3.05) is 18.3 Å². The number of esters is 1. The van der Waals surface area contributed by atoms with Crippen LogP contribution in [0.25, 0.3) is 0 Å². The van der Waals surface area contributed by atoms with Crippen LogP contribution in [0.2, 0.25) is 5.02 Å². The van der Waals surface area contributed by atoms with Gasteiger partial charge in [0.15, 0.2) is 6.10 Å². The Morgan fingerprint density at radius 1 is 1.00 bits per heavy atom. The van der Waals surface area contributed by atoms with Crippen molar-refractivity contribution in [1.82, 2.24) is 0 Å². The Balaban J connectivity index is 1.86. The quantitative estimate of drug-likeness (QED) is 0.336. The van der Waals surface area contributed by atoms with E-state index in [2.05, 4.69) is 5.32 Å². The molecule has 1 atom stereocenters. The average molecular weight is 438 g/mol. The average Bonchev–Trinajstić information content (AvgIpc) is 2.72. The summed E-state index contributed by atoms with van der Waals surface area (Å²) in [5.74, 6) is -0.534. The van der Waals surface area contributed by atoms with Crippen molar-refractivity contribution >= 4 is 46.5 Å². The smallest absolute Gasteiger partial charge is 0.307 e. The van der Waals surface area contributed by atoms with E-state index in [1.807, 2.05) is 0 Å². The van der Waals surface area contributed by atoms with Crippen LogP contribution in [0.15, 0.2) is 48.5 Å². The van der Waals surface area contributed by atoms with Gasteiger partial charge in [0, 0.05) is 35.0 Å². The molecule has 6 nitrogen and oxygen atoms in total. The molecule has 1 N–H and O–H groups in total. The third-order valence-electron chi connectivity index (χ3n) is 4.00. The van der Waals surface area contributed by atoms with Crippen molar-refractivity contribution in [2.24, 2.45) is 0 Å². The summed E-state index contributed by atoms with van der Waals surface area (Å²) in [4.78, 5) is 36.7. The maximum absolute atomic E-state index is 12.5. The molecule has 0 radical (unpaired) electrons. The van der Waals surface area contributed by atoms with Crippen LogP contribution in [0.5, 0.6) is 5.75 Å². The Morgan fingerprint density at radius 3 is 2.24 bits per heavy atom. The van der Waals surface area contributed by atoms with Crippen LogP contribution in [-0.4, -0.2) is 36.8 Å². The number of carbonyl (C=O) groups excluding carboxylic acids is 3. The lowest BCUT2D eigenvalue weighted by molar-refractivity contribution is -0.148. The third kappa shape index (κ3) is 7.40. The number of hydrogen-bond acceptors (Lipinski definition) is 5. The standard InChI is InChI=1S/C21H21Cl2NO5/c1-28-17-8-6-16(7-9-17)24-19(25)10-11-20(26)29-18(12-13-22)21(27)14-2-4-15(23)5-3-14/h2-9,18H,10-13H2,1H3,(H,24,25)/t18-/m1/s1. The summed E-state index contributed by atoms with van der Waals surface area (Å²) in [6, 6.07) is 13.1. The van der Waals surface area contributed by atoms with Crippen molar-refractivity contribution in [3.05, 3.63) is 59.1 Å². The summed E-state index contributed by atoms with van der Waals surface area (Å²) >= 11 is 11.6. The zero-order valence-corrected chi connectivity index (χ0v) is 17.3. The molecule has 1 amide bonds. The molecular weight excluding hydrogens is 417 g/mol. The fourth-order valence-electron chi connectivity index (χ4n) is 2.47. The van der Waals surface area contributed by atoms with E-state index in [1.54, 1.807) is 55.6 Å². The largest absolute Gasteiger partial charge is 0.497 e. The van der Waals surface area contributed by atoms with Crippen LogP contribution in [-0.2, 0) is 14.3 Å². The van der Waals surface area contributed by atoms with E-state index in [9.17, 15) is 14.4 Å². The monoisotopic (exact) mass is 437 g/mol. The second-order valence-electron chi connectivity index (χ2n) is 6.10. The van der Waals surface area contributed by atoms with E-state index in [4.69, 9.17) is 32.7 Å². The van der Waals surface area contributed by atoms with Crippen LogP contribution in [0.3, 0.4) is 0 Å². The van der Waals surface area contributed by atoms with Crippen LogP contribution >= 0.6 is 23.2 Å². The number of methoxy groups -OCH3 is 1. The van der Waals surface area contributed by atoms with Gasteiger partial charge < -0.3 is 14.8 Å². The molecule has 0 saturated carbocycles. The SMILES string of the molecule is COc1ccc(NC(=O)CCC(=O)O[C@H](CCCl)C(=O)c2ccc(Cl)cc2)cc1. The van der Waals surface area contributed by atoms with Crippen LogP contribution in [0.4, 0.5) is 5.69 Å². The summed E-state index contributed by atoms with van der Waals surface area (Å²) < 4.78 is 10.3. The Labute approximate surface area is 179 Å². The molecule has 8 heteroatoms. The summed E-state index contributed by atoms with van der Waals surface area (Å²) in [5.41, 5.74) is 0.955. The predicted molar refractivity (Wildman–Crippen MR) is 112 cm³/mol. The summed E-state index contributed by atoms with van der Waals surface area (Å²) in [6.45, 7) is 0. The molecule has 0 bridgehead atoms. The molecule has 0 heterocycles. The van der Waals surface area contributed by atoms with Crippen molar-refractivity contribution in [1.29, 1.82) is 0 Å². The number of carbonyl (C=O) groups is 3. The lowest BCUT2D eigenvalue weighted by Crippen LogP contribution is -2.28. The van der Waals surface area contributed by atoms with E-state index in [1.165, 1.54) is 0 Å². The second-order valence-corrected chi connectivity index (χ2v) is 6.92. The number of alkyl halides is 1. The number of halogens is 2. The van der Waals surface area contributed by atoms with Crippen LogP contribution in [0.1, 0.15) is 29.6 Å². The third-order valence-corrected chi connectivity index (χ3v) is 4.47. The predicted octanol–water partition coefficient (Wildman–Crippen LogP) is 4.49. The highest BCUT2D eigenvalue weighted by Crippen LogP contribution is 2.17. The van der Waals surface area contributed by atoms with Gasteiger partial charge in [-0.1, -0.05) is 11.6 Å². The number of amides is 1. The first-order valence-electron chi connectivity index (χ1n) is 8.92. The van der Waals surface area contributed by atoms with Gasteiger partial charge in [0.2, 0.25) is 11.7 Å². The molecule has 2 aromatic carbocycles. The number of anilines is 1. The summed E-state index contributed by atoms with van der Waals surface area (Å²) in [7, 11) is 1.55. The molecule has 0 aromatic heterocycles. The molecular formula is C21H21Cl2NO5. The van der Waals surface area contributed by atoms with Crippen molar-refractivity contribution in [2.45, 2.75) is 25.4 Å². The Hall–Kier alpha value is -2.57. The van der Waals surface area contributed by atoms with E-state index in [0.717, 1.165) is 0 Å². The highest BCUT2D eigenvalue weighted by molar-refractivity contribution is 6.30. The summed E-state index contributed by atoms with van der Waals surface area (Å²) in [6.07, 6.45) is -1.07. The number of rotatable bonds is 10. The minimum atomic E-state index is -1.01. The topological polar surface area (TPSA) is 81.7 Å². The number of ketones is 1. The molecule has 0 aliphatic rings. The number of ether oxygens (including phenoxy) is 2. The first kappa shape index (κ1) is 22.7. The number of hydrogen-bond donors (Lipinski definition) is 1. The molecule has 0 aliphatic carbocycles. The normalized spacial score (nSPS) is 11.4. The van der Waals surface area contributed by atoms with Gasteiger partial charge in [-0.15, -0.1) is 11.6 Å². The second kappa shape index (κ2) is 11.4. The number of benzene rings is 2. The van der Waals surface area contributed by atoms with Gasteiger partial charge in [0.25, 0.3) is 0 Å². The van der Waals surface area contributed by atoms with Gasteiger partial charge in [-0.05, 0) is 48.5 Å². The summed E-state index contributed by atoms with van der Waals surface area (Å²) in [5, 5.41) is 3.17. The molecule has 0 fully saturated rings. The van der Waals surface area contributed by atoms with E-state index >= 15 is 0 Å². The lowest BCUT2D eigenvalue weighted by atomic mass is 10.0. The molecule has 29 heavy (non-hydrogen) atoms. The minimum absolute atomic E-state index is 0.0758. The molecule has 0 unspecified atom stereocenters.